The van der Waals surface area contributed by atoms with E-state index in [2.05, 4.69) is 9.97 Å². The van der Waals surface area contributed by atoms with Crippen molar-refractivity contribution in [1.82, 2.24) is 9.97 Å². The van der Waals surface area contributed by atoms with Crippen LogP contribution in [0, 0.1) is 0 Å². The molecular formula is C19H14ClN3O2. The number of amides is 1. The van der Waals surface area contributed by atoms with Crippen molar-refractivity contribution in [1.29, 1.82) is 0 Å². The summed E-state index contributed by atoms with van der Waals surface area (Å²) in [5.74, 6) is 0.414. The summed E-state index contributed by atoms with van der Waals surface area (Å²) < 4.78 is 5.70. The monoisotopic (exact) mass is 351 g/mol. The van der Waals surface area contributed by atoms with Gasteiger partial charge in [0.15, 0.2) is 6.10 Å². The largest absolute Gasteiger partial charge is 0.438 e. The molecule has 0 N–H and O–H groups in total. The number of carbonyl (C=O) groups is 1. The number of cyclic esters (lactones) is 1. The predicted molar refractivity (Wildman–Crippen MR) is 94.4 cm³/mol. The number of hydrogen-bond donors (Lipinski definition) is 0. The molecule has 1 amide bonds. The number of ether oxygens (including phenoxy) is 1. The van der Waals surface area contributed by atoms with Crippen molar-refractivity contribution in [3.63, 3.8) is 0 Å². The first kappa shape index (κ1) is 15.6. The number of anilines is 1. The maximum atomic E-state index is 12.7. The minimum Gasteiger partial charge on any atom is -0.438 e. The number of nitrogens with zero attached hydrogens (tertiary/aromatic N) is 3. The average molecular weight is 352 g/mol. The Morgan fingerprint density at radius 3 is 2.20 bits per heavy atom. The van der Waals surface area contributed by atoms with Crippen LogP contribution in [0.2, 0.25) is 5.28 Å². The summed E-state index contributed by atoms with van der Waals surface area (Å²) in [4.78, 5) is 22.3. The molecule has 0 saturated carbocycles. The van der Waals surface area contributed by atoms with Gasteiger partial charge in [0.25, 0.3) is 0 Å². The highest BCUT2D eigenvalue weighted by Gasteiger charge is 2.45. The Kier molecular flexibility index (Phi) is 4.07. The third-order valence-electron chi connectivity index (χ3n) is 4.12. The first-order valence-corrected chi connectivity index (χ1v) is 8.20. The second-order valence-corrected chi connectivity index (χ2v) is 5.96. The van der Waals surface area contributed by atoms with E-state index >= 15 is 0 Å². The molecule has 1 aromatic heterocycles. The number of carbonyl (C=O) groups excluding carboxylic acids is 1. The maximum absolute atomic E-state index is 12.7. The molecule has 2 atom stereocenters. The fraction of sp³-hybridized carbons (Fsp3) is 0.105. The average Bonchev–Trinajstić information content (AvgIpc) is 3.00. The van der Waals surface area contributed by atoms with E-state index in [-0.39, 0.29) is 11.3 Å². The van der Waals surface area contributed by atoms with Crippen molar-refractivity contribution in [2.24, 2.45) is 0 Å². The van der Waals surface area contributed by atoms with Crippen LogP contribution in [0.25, 0.3) is 0 Å². The van der Waals surface area contributed by atoms with Crippen LogP contribution >= 0.6 is 11.6 Å². The van der Waals surface area contributed by atoms with E-state index in [4.69, 9.17) is 16.3 Å². The van der Waals surface area contributed by atoms with Crippen molar-refractivity contribution in [2.75, 3.05) is 4.90 Å². The molecular weight excluding hydrogens is 338 g/mol. The fourth-order valence-electron chi connectivity index (χ4n) is 3.04. The number of hydrogen-bond acceptors (Lipinski definition) is 4. The van der Waals surface area contributed by atoms with Gasteiger partial charge in [0.1, 0.15) is 11.9 Å². The normalized spacial score (nSPS) is 19.7. The van der Waals surface area contributed by atoms with Crippen LogP contribution in [0.3, 0.4) is 0 Å². The van der Waals surface area contributed by atoms with Gasteiger partial charge in [-0.05, 0) is 28.8 Å². The molecule has 1 aliphatic rings. The molecule has 3 aromatic rings. The minimum atomic E-state index is -0.461. The molecule has 0 radical (unpaired) electrons. The Balaban J connectivity index is 1.83. The highest BCUT2D eigenvalue weighted by atomic mass is 35.5. The molecule has 6 heteroatoms. The topological polar surface area (TPSA) is 55.3 Å². The molecule has 1 aliphatic heterocycles. The molecule has 124 valence electrons. The highest BCUT2D eigenvalue weighted by Crippen LogP contribution is 2.44. The van der Waals surface area contributed by atoms with Crippen LogP contribution in [-0.2, 0) is 4.74 Å². The number of benzene rings is 2. The molecule has 1 fully saturated rings. The van der Waals surface area contributed by atoms with Crippen molar-refractivity contribution in [2.45, 2.75) is 12.1 Å². The zero-order valence-electron chi connectivity index (χ0n) is 13.1. The van der Waals surface area contributed by atoms with Gasteiger partial charge >= 0.3 is 6.09 Å². The third kappa shape index (κ3) is 2.94. The van der Waals surface area contributed by atoms with Gasteiger partial charge in [-0.3, -0.25) is 0 Å². The Morgan fingerprint density at radius 2 is 1.56 bits per heavy atom. The van der Waals surface area contributed by atoms with E-state index in [0.29, 0.717) is 5.82 Å². The van der Waals surface area contributed by atoms with E-state index in [1.54, 1.807) is 6.07 Å². The number of halogens is 1. The molecule has 0 aliphatic carbocycles. The first-order valence-electron chi connectivity index (χ1n) is 7.82. The summed E-state index contributed by atoms with van der Waals surface area (Å²) in [5.41, 5.74) is 1.88. The van der Waals surface area contributed by atoms with E-state index in [0.717, 1.165) is 11.1 Å². The standard InChI is InChI=1S/C19H14ClN3O2/c20-18-21-12-11-15(22-18)23-16(13-7-3-1-4-8-13)17(25-19(23)24)14-9-5-2-6-10-14/h1-12,16-17H. The smallest absolute Gasteiger partial charge is 0.416 e. The van der Waals surface area contributed by atoms with Gasteiger partial charge in [-0.25, -0.2) is 19.7 Å². The molecule has 25 heavy (non-hydrogen) atoms. The molecule has 4 rings (SSSR count). The summed E-state index contributed by atoms with van der Waals surface area (Å²) in [6.07, 6.45) is 0.623. The lowest BCUT2D eigenvalue weighted by Crippen LogP contribution is -2.28. The van der Waals surface area contributed by atoms with Crippen molar-refractivity contribution in [3.8, 4) is 0 Å². The van der Waals surface area contributed by atoms with Gasteiger partial charge in [-0.1, -0.05) is 60.7 Å². The summed E-state index contributed by atoms with van der Waals surface area (Å²) in [6, 6.07) is 20.7. The van der Waals surface area contributed by atoms with Crippen molar-refractivity contribution < 1.29 is 9.53 Å². The van der Waals surface area contributed by atoms with Gasteiger partial charge < -0.3 is 4.74 Å². The Morgan fingerprint density at radius 1 is 0.920 bits per heavy atom. The molecule has 2 aromatic carbocycles. The molecule has 1 saturated heterocycles. The van der Waals surface area contributed by atoms with Gasteiger partial charge in [0.2, 0.25) is 5.28 Å². The van der Waals surface area contributed by atoms with Crippen LogP contribution in [0.15, 0.2) is 72.9 Å². The Bertz CT molecular complexity index is 889. The van der Waals surface area contributed by atoms with Crippen LogP contribution in [0.1, 0.15) is 23.3 Å². The van der Waals surface area contributed by atoms with Crippen LogP contribution in [0.4, 0.5) is 10.6 Å². The van der Waals surface area contributed by atoms with E-state index in [1.807, 2.05) is 60.7 Å². The van der Waals surface area contributed by atoms with E-state index in [1.165, 1.54) is 11.1 Å². The van der Waals surface area contributed by atoms with Crippen LogP contribution in [-0.4, -0.2) is 16.1 Å². The lowest BCUT2D eigenvalue weighted by atomic mass is 9.95. The summed E-state index contributed by atoms with van der Waals surface area (Å²) in [7, 11) is 0. The van der Waals surface area contributed by atoms with Crippen molar-refractivity contribution in [3.05, 3.63) is 89.3 Å². The van der Waals surface area contributed by atoms with Gasteiger partial charge in [0, 0.05) is 6.20 Å². The zero-order valence-corrected chi connectivity index (χ0v) is 13.9. The maximum Gasteiger partial charge on any atom is 0.416 e. The lowest BCUT2D eigenvalue weighted by molar-refractivity contribution is 0.132. The van der Waals surface area contributed by atoms with Crippen LogP contribution in [0.5, 0.6) is 0 Å². The quantitative estimate of drug-likeness (QED) is 0.649. The molecule has 0 spiro atoms. The Hall–Kier alpha value is -2.92. The summed E-state index contributed by atoms with van der Waals surface area (Å²) >= 11 is 5.92. The predicted octanol–water partition coefficient (Wildman–Crippen LogP) is 4.57. The Labute approximate surface area is 149 Å². The van der Waals surface area contributed by atoms with Crippen LogP contribution < -0.4 is 4.90 Å². The van der Waals surface area contributed by atoms with Gasteiger partial charge in [-0.15, -0.1) is 0 Å². The summed E-state index contributed by atoms with van der Waals surface area (Å²) in [6.45, 7) is 0. The molecule has 2 unspecified atom stereocenters. The minimum absolute atomic E-state index is 0.0836. The number of aromatic nitrogens is 2. The first-order chi connectivity index (χ1) is 12.2. The second kappa shape index (κ2) is 6.53. The zero-order chi connectivity index (χ0) is 17.2. The fourth-order valence-corrected chi connectivity index (χ4v) is 3.19. The molecule has 0 bridgehead atoms. The molecule has 2 heterocycles. The number of rotatable bonds is 3. The SMILES string of the molecule is O=C1OC(c2ccccc2)C(c2ccccc2)N1c1ccnc(Cl)n1. The van der Waals surface area contributed by atoms with Gasteiger partial charge in [0.05, 0.1) is 0 Å². The van der Waals surface area contributed by atoms with Gasteiger partial charge in [-0.2, -0.15) is 0 Å². The second-order valence-electron chi connectivity index (χ2n) is 5.62. The van der Waals surface area contributed by atoms with E-state index < -0.39 is 12.2 Å². The third-order valence-corrected chi connectivity index (χ3v) is 4.30. The summed E-state index contributed by atoms with van der Waals surface area (Å²) in [5, 5.41) is 0.0836. The highest BCUT2D eigenvalue weighted by molar-refractivity contribution is 6.28. The van der Waals surface area contributed by atoms with E-state index in [9.17, 15) is 4.79 Å². The van der Waals surface area contributed by atoms with Crippen molar-refractivity contribution >= 4 is 23.5 Å². The molecule has 5 nitrogen and oxygen atoms in total. The lowest BCUT2D eigenvalue weighted by Gasteiger charge is -2.24.